The molecule has 0 atom stereocenters. The van der Waals surface area contributed by atoms with Gasteiger partial charge < -0.3 is 14.8 Å². The number of benzene rings is 3. The van der Waals surface area contributed by atoms with E-state index < -0.39 is 20.9 Å². The summed E-state index contributed by atoms with van der Waals surface area (Å²) in [6.07, 6.45) is 0. The van der Waals surface area contributed by atoms with E-state index in [1.807, 2.05) is 0 Å². The number of nitro benzene ring substituents is 1. The van der Waals surface area contributed by atoms with Crippen molar-refractivity contribution in [3.63, 3.8) is 0 Å². The third-order valence-electron chi connectivity index (χ3n) is 4.41. The van der Waals surface area contributed by atoms with Crippen LogP contribution in [0.2, 0.25) is 0 Å². The van der Waals surface area contributed by atoms with Gasteiger partial charge in [0.2, 0.25) is 0 Å². The first-order valence-electron chi connectivity index (χ1n) is 9.14. The number of sulfonamides is 1. The Bertz CT molecular complexity index is 1240. The molecule has 0 fully saturated rings. The predicted octanol–water partition coefficient (Wildman–Crippen LogP) is 3.67. The van der Waals surface area contributed by atoms with Gasteiger partial charge in [0.15, 0.2) is 0 Å². The highest BCUT2D eigenvalue weighted by molar-refractivity contribution is 7.92. The van der Waals surface area contributed by atoms with Gasteiger partial charge in [-0.25, -0.2) is 8.42 Å². The zero-order valence-electron chi connectivity index (χ0n) is 17.1. The maximum Gasteiger partial charge on any atom is 0.269 e. The lowest BCUT2D eigenvalue weighted by Crippen LogP contribution is -2.14. The van der Waals surface area contributed by atoms with Gasteiger partial charge in [-0.15, -0.1) is 0 Å². The molecule has 3 rings (SSSR count). The molecule has 0 aliphatic heterocycles. The summed E-state index contributed by atoms with van der Waals surface area (Å²) in [6, 6.07) is 15.4. The number of carbonyl (C=O) groups is 1. The van der Waals surface area contributed by atoms with E-state index in [0.717, 1.165) is 0 Å². The Morgan fingerprint density at radius 2 is 1.59 bits per heavy atom. The van der Waals surface area contributed by atoms with Crippen LogP contribution in [-0.4, -0.2) is 33.5 Å². The highest BCUT2D eigenvalue weighted by Gasteiger charge is 2.18. The Hall–Kier alpha value is -4.12. The largest absolute Gasteiger partial charge is 0.497 e. The van der Waals surface area contributed by atoms with Crippen LogP contribution in [0.5, 0.6) is 11.5 Å². The zero-order chi connectivity index (χ0) is 23.3. The summed E-state index contributed by atoms with van der Waals surface area (Å²) >= 11 is 0. The molecular weight excluding hydrogens is 438 g/mol. The van der Waals surface area contributed by atoms with Gasteiger partial charge >= 0.3 is 0 Å². The molecule has 0 aliphatic carbocycles. The number of anilines is 2. The van der Waals surface area contributed by atoms with Gasteiger partial charge in [-0.2, -0.15) is 0 Å². The highest BCUT2D eigenvalue weighted by atomic mass is 32.2. The second-order valence-electron chi connectivity index (χ2n) is 6.45. The predicted molar refractivity (Wildman–Crippen MR) is 118 cm³/mol. The number of methoxy groups -OCH3 is 2. The SMILES string of the molecule is COc1ccc(OC)c(NS(=O)(=O)c2ccc(NC(=O)c3ccc([N+](=O)[O-])cc3)cc2)c1. The Balaban J connectivity index is 1.74. The van der Waals surface area contributed by atoms with Crippen LogP contribution < -0.4 is 19.5 Å². The number of carbonyl (C=O) groups excluding carboxylic acids is 1. The van der Waals surface area contributed by atoms with Crippen LogP contribution >= 0.6 is 0 Å². The van der Waals surface area contributed by atoms with Crippen LogP contribution in [-0.2, 0) is 10.0 Å². The van der Waals surface area contributed by atoms with E-state index in [9.17, 15) is 23.3 Å². The molecule has 0 aromatic heterocycles. The number of amides is 1. The van der Waals surface area contributed by atoms with Crippen molar-refractivity contribution in [2.45, 2.75) is 4.90 Å². The Morgan fingerprint density at radius 1 is 0.938 bits per heavy atom. The van der Waals surface area contributed by atoms with Crippen molar-refractivity contribution in [3.8, 4) is 11.5 Å². The van der Waals surface area contributed by atoms with E-state index in [-0.39, 0.29) is 21.8 Å². The fourth-order valence-electron chi connectivity index (χ4n) is 2.75. The van der Waals surface area contributed by atoms with Gasteiger partial charge in [0, 0.05) is 29.4 Å². The van der Waals surface area contributed by atoms with Crippen LogP contribution in [0.3, 0.4) is 0 Å². The fourth-order valence-corrected chi connectivity index (χ4v) is 3.81. The number of hydrogen-bond acceptors (Lipinski definition) is 7. The number of rotatable bonds is 8. The van der Waals surface area contributed by atoms with Crippen LogP contribution in [0, 0.1) is 10.1 Å². The van der Waals surface area contributed by atoms with Crippen molar-refractivity contribution < 1.29 is 27.6 Å². The first-order valence-corrected chi connectivity index (χ1v) is 10.6. The van der Waals surface area contributed by atoms with Gasteiger partial charge in [-0.05, 0) is 48.5 Å². The minimum absolute atomic E-state index is 0.0318. The first-order chi connectivity index (χ1) is 15.2. The number of nitro groups is 1. The molecule has 2 N–H and O–H groups in total. The molecule has 10 nitrogen and oxygen atoms in total. The lowest BCUT2D eigenvalue weighted by molar-refractivity contribution is -0.384. The van der Waals surface area contributed by atoms with Crippen molar-refractivity contribution in [1.82, 2.24) is 0 Å². The number of nitrogens with zero attached hydrogens (tertiary/aromatic N) is 1. The monoisotopic (exact) mass is 457 g/mol. The molecular formula is C21H19N3O7S. The van der Waals surface area contributed by atoms with Crippen molar-refractivity contribution in [2.75, 3.05) is 24.3 Å². The summed E-state index contributed by atoms with van der Waals surface area (Å²) in [4.78, 5) is 22.4. The molecule has 0 spiro atoms. The van der Waals surface area contributed by atoms with Crippen LogP contribution in [0.4, 0.5) is 17.1 Å². The lowest BCUT2D eigenvalue weighted by Gasteiger charge is -2.13. The first kappa shape index (κ1) is 22.6. The molecule has 3 aromatic rings. The number of hydrogen-bond donors (Lipinski definition) is 2. The molecule has 1 amide bonds. The Kier molecular flexibility index (Phi) is 6.59. The van der Waals surface area contributed by atoms with E-state index in [2.05, 4.69) is 10.0 Å². The molecule has 166 valence electrons. The summed E-state index contributed by atoms with van der Waals surface area (Å²) in [6.45, 7) is 0. The van der Waals surface area contributed by atoms with Gasteiger partial charge in [0.05, 0.1) is 29.7 Å². The summed E-state index contributed by atoms with van der Waals surface area (Å²) < 4.78 is 38.3. The highest BCUT2D eigenvalue weighted by Crippen LogP contribution is 2.31. The Labute approximate surface area is 184 Å². The van der Waals surface area contributed by atoms with Gasteiger partial charge in [0.25, 0.3) is 21.6 Å². The van der Waals surface area contributed by atoms with Crippen molar-refractivity contribution in [1.29, 1.82) is 0 Å². The zero-order valence-corrected chi connectivity index (χ0v) is 17.9. The summed E-state index contributed by atoms with van der Waals surface area (Å²) in [5.74, 6) is 0.281. The van der Waals surface area contributed by atoms with Crippen molar-refractivity contribution in [2.24, 2.45) is 0 Å². The molecule has 0 aliphatic rings. The van der Waals surface area contributed by atoms with E-state index in [1.54, 1.807) is 12.1 Å². The third kappa shape index (κ3) is 5.13. The topological polar surface area (TPSA) is 137 Å². The molecule has 0 unspecified atom stereocenters. The van der Waals surface area contributed by atoms with Crippen LogP contribution in [0.25, 0.3) is 0 Å². The summed E-state index contributed by atoms with van der Waals surface area (Å²) in [7, 11) is -1.06. The number of ether oxygens (including phenoxy) is 2. The minimum Gasteiger partial charge on any atom is -0.497 e. The average Bonchev–Trinajstić information content (AvgIpc) is 2.79. The van der Waals surface area contributed by atoms with E-state index in [0.29, 0.717) is 17.2 Å². The van der Waals surface area contributed by atoms with Crippen molar-refractivity contribution in [3.05, 3.63) is 82.4 Å². The van der Waals surface area contributed by atoms with Crippen LogP contribution in [0.15, 0.2) is 71.6 Å². The lowest BCUT2D eigenvalue weighted by atomic mass is 10.2. The second kappa shape index (κ2) is 9.35. The number of non-ortho nitro benzene ring substituents is 1. The molecule has 0 saturated carbocycles. The van der Waals surface area contributed by atoms with Gasteiger partial charge in [0.1, 0.15) is 11.5 Å². The molecule has 32 heavy (non-hydrogen) atoms. The molecule has 0 bridgehead atoms. The summed E-state index contributed by atoms with van der Waals surface area (Å²) in [5.41, 5.74) is 0.657. The van der Waals surface area contributed by atoms with Crippen molar-refractivity contribution >= 4 is 33.0 Å². The molecule has 11 heteroatoms. The normalized spacial score (nSPS) is 10.8. The quantitative estimate of drug-likeness (QED) is 0.389. The number of nitrogens with one attached hydrogen (secondary N) is 2. The molecule has 0 saturated heterocycles. The fraction of sp³-hybridized carbons (Fsp3) is 0.0952. The smallest absolute Gasteiger partial charge is 0.269 e. The summed E-state index contributed by atoms with van der Waals surface area (Å²) in [5, 5.41) is 13.3. The van der Waals surface area contributed by atoms with E-state index in [4.69, 9.17) is 9.47 Å². The maximum atomic E-state index is 12.8. The van der Waals surface area contributed by atoms with Gasteiger partial charge in [-0.3, -0.25) is 19.6 Å². The minimum atomic E-state index is -3.94. The average molecular weight is 457 g/mol. The maximum absolute atomic E-state index is 12.8. The third-order valence-corrected chi connectivity index (χ3v) is 5.80. The van der Waals surface area contributed by atoms with E-state index in [1.165, 1.54) is 68.8 Å². The molecule has 0 heterocycles. The molecule has 3 aromatic carbocycles. The molecule has 0 radical (unpaired) electrons. The second-order valence-corrected chi connectivity index (χ2v) is 8.14. The Morgan fingerprint density at radius 3 is 2.16 bits per heavy atom. The van der Waals surface area contributed by atoms with Crippen LogP contribution in [0.1, 0.15) is 10.4 Å². The standard InChI is InChI=1S/C21H19N3O7S/c1-30-17-9-12-20(31-2)19(13-17)23-32(28,29)18-10-5-15(6-11-18)22-21(25)14-3-7-16(8-4-14)24(26)27/h3-13,23H,1-2H3,(H,22,25). The van der Waals surface area contributed by atoms with Gasteiger partial charge in [-0.1, -0.05) is 0 Å². The van der Waals surface area contributed by atoms with E-state index >= 15 is 0 Å².